The maximum absolute atomic E-state index is 13.6. The number of amidine groups is 1. The Bertz CT molecular complexity index is 1330. The van der Waals surface area contributed by atoms with Crippen molar-refractivity contribution >= 4 is 23.1 Å². The van der Waals surface area contributed by atoms with Crippen molar-refractivity contribution in [3.8, 4) is 11.1 Å². The number of anilines is 2. The minimum absolute atomic E-state index is 0.0883. The van der Waals surface area contributed by atoms with E-state index in [2.05, 4.69) is 48.4 Å². The molecule has 0 bridgehead atoms. The van der Waals surface area contributed by atoms with Crippen LogP contribution in [0.5, 0.6) is 0 Å². The fraction of sp³-hybridized carbons (Fsp3) is 0.333. The summed E-state index contributed by atoms with van der Waals surface area (Å²) in [5, 5.41) is 6.64. The number of hydrogen-bond donors (Lipinski definition) is 4. The third-order valence-electron chi connectivity index (χ3n) is 6.22. The minimum Gasteiger partial charge on any atom is -0.369 e. The van der Waals surface area contributed by atoms with Gasteiger partial charge in [-0.2, -0.15) is 18.3 Å². The van der Waals surface area contributed by atoms with E-state index in [1.165, 1.54) is 18.2 Å². The third-order valence-corrected chi connectivity index (χ3v) is 6.22. The molecule has 0 aliphatic rings. The molecule has 0 fully saturated rings. The second-order valence-electron chi connectivity index (χ2n) is 10.5. The molecule has 0 unspecified atom stereocenters. The Hall–Kier alpha value is -4.05. The highest BCUT2D eigenvalue weighted by molar-refractivity contribution is 6.05. The predicted molar refractivity (Wildman–Crippen MR) is 156 cm³/mol. The van der Waals surface area contributed by atoms with Crippen LogP contribution in [0.4, 0.5) is 24.5 Å². The summed E-state index contributed by atoms with van der Waals surface area (Å²) in [5.74, 6) is 11.5. The lowest BCUT2D eigenvalue weighted by molar-refractivity contribution is -0.138. The molecule has 3 rings (SSSR count). The van der Waals surface area contributed by atoms with Crippen molar-refractivity contribution in [2.45, 2.75) is 40.3 Å². The summed E-state index contributed by atoms with van der Waals surface area (Å²) in [6.07, 6.45) is -4.98. The first-order valence-electron chi connectivity index (χ1n) is 13.1. The van der Waals surface area contributed by atoms with Crippen LogP contribution in [-0.4, -0.2) is 24.8 Å². The molecule has 3 aromatic carbocycles. The number of rotatable bonds is 10. The van der Waals surface area contributed by atoms with E-state index >= 15 is 0 Å². The van der Waals surface area contributed by atoms with Crippen molar-refractivity contribution < 1.29 is 18.0 Å². The number of alkyl halides is 3. The zero-order chi connectivity index (χ0) is 29.4. The summed E-state index contributed by atoms with van der Waals surface area (Å²) in [7, 11) is 0. The van der Waals surface area contributed by atoms with Crippen LogP contribution in [-0.2, 0) is 17.4 Å². The van der Waals surface area contributed by atoms with E-state index in [1.54, 1.807) is 0 Å². The monoisotopic (exact) mass is 554 g/mol. The van der Waals surface area contributed by atoms with Crippen LogP contribution in [0.1, 0.15) is 44.4 Å². The smallest absolute Gasteiger partial charge is 0.369 e. The molecule has 10 heteroatoms. The van der Waals surface area contributed by atoms with E-state index in [-0.39, 0.29) is 11.4 Å². The summed E-state index contributed by atoms with van der Waals surface area (Å²) >= 11 is 0. The van der Waals surface area contributed by atoms with Crippen LogP contribution in [0.2, 0.25) is 0 Å². The van der Waals surface area contributed by atoms with Gasteiger partial charge in [-0.25, -0.2) is 5.84 Å². The fourth-order valence-corrected chi connectivity index (χ4v) is 4.68. The Morgan fingerprint density at radius 3 is 2.17 bits per heavy atom. The molecule has 7 nitrogen and oxygen atoms in total. The fourth-order valence-electron chi connectivity index (χ4n) is 4.68. The molecule has 0 radical (unpaired) electrons. The van der Waals surface area contributed by atoms with Gasteiger partial charge in [-0.15, -0.1) is 0 Å². The number of carbonyl (C=O) groups is 1. The molecule has 3 aromatic rings. The van der Waals surface area contributed by atoms with Gasteiger partial charge in [-0.3, -0.25) is 4.79 Å². The topological polar surface area (TPSA) is 109 Å². The highest BCUT2D eigenvalue weighted by atomic mass is 19.4. The Labute approximate surface area is 233 Å². The number of nitrogens with one attached hydrogen (secondary N) is 2. The normalized spacial score (nSPS) is 12.1. The van der Waals surface area contributed by atoms with Crippen molar-refractivity contribution in [1.29, 1.82) is 0 Å². The molecule has 0 aliphatic carbocycles. The summed E-state index contributed by atoms with van der Waals surface area (Å²) in [5.41, 5.74) is 5.02. The number of nitrogens with zero attached hydrogens (tertiary/aromatic N) is 2. The van der Waals surface area contributed by atoms with Crippen LogP contribution in [0, 0.1) is 11.8 Å². The Morgan fingerprint density at radius 1 is 0.950 bits per heavy atom. The maximum Gasteiger partial charge on any atom is 0.416 e. The maximum atomic E-state index is 13.6. The second kappa shape index (κ2) is 13.3. The van der Waals surface area contributed by atoms with Gasteiger partial charge in [-0.1, -0.05) is 76.2 Å². The van der Waals surface area contributed by atoms with Crippen molar-refractivity contribution in [2.75, 3.05) is 23.3 Å². The van der Waals surface area contributed by atoms with Crippen LogP contribution in [0.3, 0.4) is 0 Å². The molecule has 0 atom stereocenters. The number of nitrogens with two attached hydrogens (primary N) is 2. The minimum atomic E-state index is -4.56. The number of benzene rings is 3. The number of halogens is 3. The van der Waals surface area contributed by atoms with Gasteiger partial charge in [0.1, 0.15) is 0 Å². The molecule has 0 saturated carbocycles. The van der Waals surface area contributed by atoms with Gasteiger partial charge < -0.3 is 21.5 Å². The number of hydrogen-bond acceptors (Lipinski definition) is 5. The number of hydrazine groups is 1. The van der Waals surface area contributed by atoms with Crippen LogP contribution in [0.15, 0.2) is 71.8 Å². The van der Waals surface area contributed by atoms with Gasteiger partial charge in [-0.05, 0) is 46.7 Å². The van der Waals surface area contributed by atoms with E-state index in [1.807, 2.05) is 42.5 Å². The third kappa shape index (κ3) is 7.75. The van der Waals surface area contributed by atoms with E-state index in [4.69, 9.17) is 11.7 Å². The van der Waals surface area contributed by atoms with Gasteiger partial charge in [0.05, 0.1) is 23.4 Å². The first kappa shape index (κ1) is 30.5. The highest BCUT2D eigenvalue weighted by Gasteiger charge is 2.33. The molecule has 6 N–H and O–H groups in total. The number of carbonyl (C=O) groups excluding carboxylic acids is 1. The Kier molecular flexibility index (Phi) is 10.2. The van der Waals surface area contributed by atoms with Crippen LogP contribution < -0.4 is 27.3 Å². The van der Waals surface area contributed by atoms with E-state index in [0.29, 0.717) is 23.1 Å². The molecule has 0 spiro atoms. The molecule has 0 aliphatic heterocycles. The number of hydrazone groups is 1. The quantitative estimate of drug-likeness (QED) is 0.110. The molecule has 214 valence electrons. The average molecular weight is 555 g/mol. The van der Waals surface area contributed by atoms with Gasteiger partial charge in [0.25, 0.3) is 0 Å². The van der Waals surface area contributed by atoms with Crippen LogP contribution >= 0.6 is 0 Å². The molecule has 1 amide bonds. The lowest BCUT2D eigenvalue weighted by atomic mass is 9.97. The second-order valence-corrected chi connectivity index (χ2v) is 10.5. The number of amides is 1. The lowest BCUT2D eigenvalue weighted by Crippen LogP contribution is -2.32. The highest BCUT2D eigenvalue weighted by Crippen LogP contribution is 2.35. The Morgan fingerprint density at radius 2 is 1.57 bits per heavy atom. The van der Waals surface area contributed by atoms with E-state index in [9.17, 15) is 18.0 Å². The molecule has 40 heavy (non-hydrogen) atoms. The predicted octanol–water partition coefficient (Wildman–Crippen LogP) is 5.76. The molecular weight excluding hydrogens is 517 g/mol. The molecule has 0 saturated heterocycles. The first-order chi connectivity index (χ1) is 18.9. The van der Waals surface area contributed by atoms with Crippen LogP contribution in [0.25, 0.3) is 11.1 Å². The van der Waals surface area contributed by atoms with Gasteiger partial charge in [0, 0.05) is 18.7 Å². The standard InChI is InChI=1S/C30H37F3N6O/c1-19(2)17-39(18-20(3)4)27-14-13-21(23-10-6-7-11-24(23)29(37-34)38-35)15-26(27)36-28(40)16-22-9-5-8-12-25(22)30(31,32)33/h5-15,19-20H,16-18,34-35H2,1-4H3,(H,36,40)(H,37,38). The Balaban J connectivity index is 2.10. The zero-order valence-electron chi connectivity index (χ0n) is 23.2. The van der Waals surface area contributed by atoms with Gasteiger partial charge >= 0.3 is 6.18 Å². The largest absolute Gasteiger partial charge is 0.416 e. The van der Waals surface area contributed by atoms with Crippen molar-refractivity contribution in [2.24, 2.45) is 28.6 Å². The first-order valence-corrected chi connectivity index (χ1v) is 13.1. The SMILES string of the molecule is CC(C)CN(CC(C)C)c1ccc(-c2ccccc2/C(=N/N)NN)cc1NC(=O)Cc1ccccc1C(F)(F)F. The van der Waals surface area contributed by atoms with Crippen molar-refractivity contribution in [1.82, 2.24) is 5.43 Å². The summed E-state index contributed by atoms with van der Waals surface area (Å²) in [6.45, 7) is 9.90. The van der Waals surface area contributed by atoms with E-state index < -0.39 is 24.1 Å². The van der Waals surface area contributed by atoms with Gasteiger partial charge in [0.15, 0.2) is 5.84 Å². The lowest BCUT2D eigenvalue weighted by Gasteiger charge is -2.31. The molecule has 0 aromatic heterocycles. The molecule has 0 heterocycles. The summed E-state index contributed by atoms with van der Waals surface area (Å²) in [6, 6.07) is 18.2. The summed E-state index contributed by atoms with van der Waals surface area (Å²) in [4.78, 5) is 15.4. The summed E-state index contributed by atoms with van der Waals surface area (Å²) < 4.78 is 40.7. The zero-order valence-corrected chi connectivity index (χ0v) is 23.2. The van der Waals surface area contributed by atoms with E-state index in [0.717, 1.165) is 36.0 Å². The average Bonchev–Trinajstić information content (AvgIpc) is 2.88. The van der Waals surface area contributed by atoms with Crippen molar-refractivity contribution in [3.05, 3.63) is 83.4 Å². The van der Waals surface area contributed by atoms with Crippen molar-refractivity contribution in [3.63, 3.8) is 0 Å². The molecular formula is C30H37F3N6O. The van der Waals surface area contributed by atoms with Gasteiger partial charge in [0.2, 0.25) is 5.91 Å².